The van der Waals surface area contributed by atoms with E-state index in [1.807, 2.05) is 0 Å². The van der Waals surface area contributed by atoms with E-state index in [1.54, 1.807) is 0 Å². The van der Waals surface area contributed by atoms with Gasteiger partial charge in [0.25, 0.3) is 0 Å². The van der Waals surface area contributed by atoms with E-state index in [9.17, 15) is 4.79 Å². The zero-order chi connectivity index (χ0) is 13.2. The first-order valence-corrected chi connectivity index (χ1v) is 7.11. The summed E-state index contributed by atoms with van der Waals surface area (Å²) in [5, 5.41) is 3.43. The van der Waals surface area contributed by atoms with Gasteiger partial charge in [0.1, 0.15) is 0 Å². The van der Waals surface area contributed by atoms with E-state index in [1.165, 1.54) is 0 Å². The first kappa shape index (κ1) is 13.8. The van der Waals surface area contributed by atoms with E-state index in [-0.39, 0.29) is 5.60 Å². The second-order valence-corrected chi connectivity index (χ2v) is 6.41. The summed E-state index contributed by atoms with van der Waals surface area (Å²) in [6.07, 6.45) is 2.84. The Labute approximate surface area is 110 Å². The van der Waals surface area contributed by atoms with Crippen LogP contribution in [0.25, 0.3) is 0 Å². The maximum Gasteiger partial charge on any atom is 0.222 e. The number of nitrogens with zero attached hydrogens (tertiary/aromatic N) is 1. The maximum absolute atomic E-state index is 12.1. The van der Waals surface area contributed by atoms with Gasteiger partial charge in [0.2, 0.25) is 5.91 Å². The minimum Gasteiger partial charge on any atom is -0.374 e. The van der Waals surface area contributed by atoms with Crippen molar-refractivity contribution in [3.8, 4) is 0 Å². The standard InChI is InChI=1S/C14H26N2O2/c1-14(2,3)18-9-8-16-12-6-7-15-10-11(12)4-5-13(16)17/h11-12,15H,4-10H2,1-3H3. The van der Waals surface area contributed by atoms with Crippen molar-refractivity contribution in [2.75, 3.05) is 26.2 Å². The van der Waals surface area contributed by atoms with Gasteiger partial charge < -0.3 is 15.0 Å². The zero-order valence-corrected chi connectivity index (χ0v) is 11.9. The summed E-state index contributed by atoms with van der Waals surface area (Å²) in [7, 11) is 0. The normalized spacial score (nSPS) is 29.3. The van der Waals surface area contributed by atoms with E-state index in [2.05, 4.69) is 31.0 Å². The molecule has 0 radical (unpaired) electrons. The fraction of sp³-hybridized carbons (Fsp3) is 0.929. The van der Waals surface area contributed by atoms with Gasteiger partial charge in [-0.1, -0.05) is 0 Å². The first-order chi connectivity index (χ1) is 8.47. The number of piperidine rings is 2. The van der Waals surface area contributed by atoms with Crippen molar-refractivity contribution in [3.05, 3.63) is 0 Å². The Hall–Kier alpha value is -0.610. The van der Waals surface area contributed by atoms with E-state index in [4.69, 9.17) is 4.74 Å². The molecule has 0 aromatic rings. The van der Waals surface area contributed by atoms with Crippen molar-refractivity contribution < 1.29 is 9.53 Å². The third-order valence-corrected chi connectivity index (χ3v) is 3.88. The van der Waals surface area contributed by atoms with Crippen LogP contribution in [0.15, 0.2) is 0 Å². The summed E-state index contributed by atoms with van der Waals surface area (Å²) < 4.78 is 5.75. The lowest BCUT2D eigenvalue weighted by atomic mass is 9.84. The Morgan fingerprint density at radius 2 is 2.17 bits per heavy atom. The predicted octanol–water partition coefficient (Wildman–Crippen LogP) is 1.40. The highest BCUT2D eigenvalue weighted by atomic mass is 16.5. The third-order valence-electron chi connectivity index (χ3n) is 3.88. The molecule has 2 atom stereocenters. The van der Waals surface area contributed by atoms with Crippen LogP contribution in [0.3, 0.4) is 0 Å². The number of carbonyl (C=O) groups excluding carboxylic acids is 1. The molecule has 0 aliphatic carbocycles. The molecule has 0 bridgehead atoms. The zero-order valence-electron chi connectivity index (χ0n) is 11.9. The Morgan fingerprint density at radius 1 is 1.39 bits per heavy atom. The summed E-state index contributed by atoms with van der Waals surface area (Å²) in [6, 6.07) is 0.441. The molecule has 0 spiro atoms. The molecule has 104 valence electrons. The van der Waals surface area contributed by atoms with Gasteiger partial charge in [0.15, 0.2) is 0 Å². The highest BCUT2D eigenvalue weighted by molar-refractivity contribution is 5.77. The molecule has 0 aromatic heterocycles. The lowest BCUT2D eigenvalue weighted by Crippen LogP contribution is -2.55. The molecule has 4 nitrogen and oxygen atoms in total. The summed E-state index contributed by atoms with van der Waals surface area (Å²) in [5.74, 6) is 0.960. The molecule has 2 saturated heterocycles. The van der Waals surface area contributed by atoms with Crippen LogP contribution in [0.5, 0.6) is 0 Å². The van der Waals surface area contributed by atoms with E-state index < -0.39 is 0 Å². The lowest BCUT2D eigenvalue weighted by molar-refractivity contribution is -0.141. The number of carbonyl (C=O) groups is 1. The number of ether oxygens (including phenoxy) is 1. The number of nitrogens with one attached hydrogen (secondary N) is 1. The van der Waals surface area contributed by atoms with Gasteiger partial charge in [-0.25, -0.2) is 0 Å². The smallest absolute Gasteiger partial charge is 0.222 e. The van der Waals surface area contributed by atoms with Crippen LogP contribution in [0.2, 0.25) is 0 Å². The van der Waals surface area contributed by atoms with Crippen LogP contribution in [0.4, 0.5) is 0 Å². The highest BCUT2D eigenvalue weighted by Gasteiger charge is 2.36. The maximum atomic E-state index is 12.1. The molecule has 1 N–H and O–H groups in total. The molecule has 0 aromatic carbocycles. The van der Waals surface area contributed by atoms with Crippen molar-refractivity contribution in [2.45, 2.75) is 51.7 Å². The molecule has 2 unspecified atom stereocenters. The van der Waals surface area contributed by atoms with Gasteiger partial charge in [0, 0.05) is 19.0 Å². The van der Waals surface area contributed by atoms with Crippen LogP contribution in [0.1, 0.15) is 40.0 Å². The van der Waals surface area contributed by atoms with Crippen LogP contribution in [-0.2, 0) is 9.53 Å². The second kappa shape index (κ2) is 5.57. The molecule has 2 fully saturated rings. The largest absolute Gasteiger partial charge is 0.374 e. The minimum atomic E-state index is -0.119. The average Bonchev–Trinajstić information content (AvgIpc) is 2.31. The Morgan fingerprint density at radius 3 is 2.89 bits per heavy atom. The molecular weight excluding hydrogens is 228 g/mol. The molecule has 2 aliphatic rings. The first-order valence-electron chi connectivity index (χ1n) is 7.11. The summed E-state index contributed by atoms with van der Waals surface area (Å²) in [4.78, 5) is 14.1. The molecule has 2 aliphatic heterocycles. The van der Waals surface area contributed by atoms with Crippen molar-refractivity contribution in [1.29, 1.82) is 0 Å². The van der Waals surface area contributed by atoms with Gasteiger partial charge >= 0.3 is 0 Å². The summed E-state index contributed by atoms with van der Waals surface area (Å²) >= 11 is 0. The second-order valence-electron chi connectivity index (χ2n) is 6.41. The fourth-order valence-corrected chi connectivity index (χ4v) is 2.99. The number of fused-ring (bicyclic) bond motifs is 1. The van der Waals surface area contributed by atoms with E-state index in [0.29, 0.717) is 30.9 Å². The molecule has 1 amide bonds. The van der Waals surface area contributed by atoms with Crippen molar-refractivity contribution in [1.82, 2.24) is 10.2 Å². The van der Waals surface area contributed by atoms with Crippen LogP contribution in [-0.4, -0.2) is 48.7 Å². The van der Waals surface area contributed by atoms with Gasteiger partial charge in [-0.2, -0.15) is 0 Å². The van der Waals surface area contributed by atoms with Crippen LogP contribution < -0.4 is 5.32 Å². The number of hydrogen-bond donors (Lipinski definition) is 1. The fourth-order valence-electron chi connectivity index (χ4n) is 2.99. The number of amides is 1. The van der Waals surface area contributed by atoms with Crippen LogP contribution in [0, 0.1) is 5.92 Å². The van der Waals surface area contributed by atoms with Gasteiger partial charge in [0.05, 0.1) is 12.2 Å². The lowest BCUT2D eigenvalue weighted by Gasteiger charge is -2.44. The van der Waals surface area contributed by atoms with Crippen molar-refractivity contribution >= 4 is 5.91 Å². The molecule has 18 heavy (non-hydrogen) atoms. The van der Waals surface area contributed by atoms with Crippen molar-refractivity contribution in [3.63, 3.8) is 0 Å². The molecule has 0 saturated carbocycles. The summed E-state index contributed by atoms with van der Waals surface area (Å²) in [6.45, 7) is 9.65. The average molecular weight is 254 g/mol. The Bertz CT molecular complexity index is 299. The minimum absolute atomic E-state index is 0.119. The predicted molar refractivity (Wildman–Crippen MR) is 71.4 cm³/mol. The SMILES string of the molecule is CC(C)(C)OCCN1C(=O)CCC2CNCCC21. The van der Waals surface area contributed by atoms with E-state index >= 15 is 0 Å². The molecule has 2 heterocycles. The molecule has 2 rings (SSSR count). The summed E-state index contributed by atoms with van der Waals surface area (Å²) in [5.41, 5.74) is -0.119. The quantitative estimate of drug-likeness (QED) is 0.828. The third kappa shape index (κ3) is 3.45. The van der Waals surface area contributed by atoms with E-state index in [0.717, 1.165) is 32.5 Å². The Kier molecular flexibility index (Phi) is 4.28. The molecule has 4 heteroatoms. The monoisotopic (exact) mass is 254 g/mol. The number of rotatable bonds is 3. The Balaban J connectivity index is 1.89. The van der Waals surface area contributed by atoms with Gasteiger partial charge in [-0.15, -0.1) is 0 Å². The number of likely N-dealkylation sites (tertiary alicyclic amines) is 1. The topological polar surface area (TPSA) is 41.6 Å². The number of hydrogen-bond acceptors (Lipinski definition) is 3. The van der Waals surface area contributed by atoms with Gasteiger partial charge in [-0.05, 0) is 52.6 Å². The van der Waals surface area contributed by atoms with Gasteiger partial charge in [-0.3, -0.25) is 4.79 Å². The van der Waals surface area contributed by atoms with Crippen molar-refractivity contribution in [2.24, 2.45) is 5.92 Å². The highest BCUT2D eigenvalue weighted by Crippen LogP contribution is 2.28. The van der Waals surface area contributed by atoms with Crippen LogP contribution >= 0.6 is 0 Å². The molecular formula is C14H26N2O2.